The number of carbonyl (C=O) groups is 1. The summed E-state index contributed by atoms with van der Waals surface area (Å²) >= 11 is 1.45. The second-order valence-corrected chi connectivity index (χ2v) is 12.0. The van der Waals surface area contributed by atoms with Crippen LogP contribution in [-0.4, -0.2) is 76.5 Å². The highest BCUT2D eigenvalue weighted by Crippen LogP contribution is 2.32. The van der Waals surface area contributed by atoms with Crippen LogP contribution in [0.1, 0.15) is 24.8 Å². The first kappa shape index (κ1) is 26.5. The van der Waals surface area contributed by atoms with Crippen LogP contribution in [0.15, 0.2) is 47.4 Å². The van der Waals surface area contributed by atoms with Crippen molar-refractivity contribution in [1.82, 2.24) is 9.88 Å². The van der Waals surface area contributed by atoms with Crippen molar-refractivity contribution in [2.75, 3.05) is 57.2 Å². The van der Waals surface area contributed by atoms with E-state index in [4.69, 9.17) is 14.5 Å². The average Bonchev–Trinajstić information content (AvgIpc) is 3.30. The molecular weight excluding hydrogens is 498 g/mol. The van der Waals surface area contributed by atoms with Gasteiger partial charge in [-0.2, -0.15) is 0 Å². The SMILES string of the molecule is COc1ccc2nc(N(CCCN3CCOCC3)C(=O)CCCS(=O)(=O)c3ccc(C)cc3)sc2c1. The lowest BCUT2D eigenvalue weighted by Gasteiger charge is -2.27. The number of rotatable bonds is 11. The lowest BCUT2D eigenvalue weighted by Crippen LogP contribution is -2.39. The van der Waals surface area contributed by atoms with E-state index in [1.165, 1.54) is 11.3 Å². The Hall–Kier alpha value is -2.53. The van der Waals surface area contributed by atoms with Crippen LogP contribution < -0.4 is 9.64 Å². The Morgan fingerprint density at radius 3 is 2.61 bits per heavy atom. The maximum atomic E-state index is 13.3. The average molecular weight is 532 g/mol. The van der Waals surface area contributed by atoms with Crippen LogP contribution in [0, 0.1) is 6.92 Å². The van der Waals surface area contributed by atoms with E-state index in [0.29, 0.717) is 16.6 Å². The van der Waals surface area contributed by atoms with Crippen molar-refractivity contribution in [2.45, 2.75) is 31.1 Å². The topological polar surface area (TPSA) is 89.0 Å². The van der Waals surface area contributed by atoms with E-state index in [9.17, 15) is 13.2 Å². The number of aryl methyl sites for hydroxylation is 1. The molecule has 0 atom stereocenters. The predicted molar refractivity (Wildman–Crippen MR) is 143 cm³/mol. The van der Waals surface area contributed by atoms with Gasteiger partial charge in [-0.25, -0.2) is 13.4 Å². The van der Waals surface area contributed by atoms with Crippen LogP contribution >= 0.6 is 11.3 Å². The highest BCUT2D eigenvalue weighted by Gasteiger charge is 2.22. The third kappa shape index (κ3) is 6.82. The summed E-state index contributed by atoms with van der Waals surface area (Å²) < 4.78 is 37.1. The lowest BCUT2D eigenvalue weighted by atomic mass is 10.2. The predicted octanol–water partition coefficient (Wildman–Crippen LogP) is 3.92. The maximum Gasteiger partial charge on any atom is 0.228 e. The van der Waals surface area contributed by atoms with Gasteiger partial charge in [0.1, 0.15) is 5.75 Å². The van der Waals surface area contributed by atoms with E-state index in [1.54, 1.807) is 36.3 Å². The molecule has 4 rings (SSSR count). The molecule has 1 amide bonds. The quantitative estimate of drug-likeness (QED) is 0.370. The second-order valence-electron chi connectivity index (χ2n) is 8.92. The summed E-state index contributed by atoms with van der Waals surface area (Å²) in [5, 5.41) is 0.631. The molecule has 1 saturated heterocycles. The van der Waals surface area contributed by atoms with Crippen molar-refractivity contribution in [2.24, 2.45) is 0 Å². The lowest BCUT2D eigenvalue weighted by molar-refractivity contribution is -0.118. The summed E-state index contributed by atoms with van der Waals surface area (Å²) in [6, 6.07) is 12.5. The van der Waals surface area contributed by atoms with Gasteiger partial charge in [0, 0.05) is 32.6 Å². The molecule has 0 N–H and O–H groups in total. The minimum atomic E-state index is -3.44. The fourth-order valence-corrected chi connectivity index (χ4v) is 6.50. The number of hydrogen-bond acceptors (Lipinski definition) is 8. The summed E-state index contributed by atoms with van der Waals surface area (Å²) in [4.78, 5) is 22.4. The largest absolute Gasteiger partial charge is 0.497 e. The zero-order valence-electron chi connectivity index (χ0n) is 20.8. The number of morpholine rings is 1. The van der Waals surface area contributed by atoms with E-state index >= 15 is 0 Å². The summed E-state index contributed by atoms with van der Waals surface area (Å²) in [5.74, 6) is 0.562. The molecule has 1 fully saturated rings. The smallest absolute Gasteiger partial charge is 0.228 e. The van der Waals surface area contributed by atoms with Crippen molar-refractivity contribution < 1.29 is 22.7 Å². The van der Waals surface area contributed by atoms with Gasteiger partial charge in [0.05, 0.1) is 41.2 Å². The third-order valence-corrected chi connectivity index (χ3v) is 9.12. The molecule has 0 radical (unpaired) electrons. The van der Waals surface area contributed by atoms with Gasteiger partial charge >= 0.3 is 0 Å². The van der Waals surface area contributed by atoms with Crippen LogP contribution in [0.2, 0.25) is 0 Å². The van der Waals surface area contributed by atoms with Crippen molar-refractivity contribution in [3.63, 3.8) is 0 Å². The Morgan fingerprint density at radius 2 is 1.89 bits per heavy atom. The normalized spacial score (nSPS) is 14.7. The highest BCUT2D eigenvalue weighted by atomic mass is 32.2. The molecule has 0 spiro atoms. The van der Waals surface area contributed by atoms with Gasteiger partial charge < -0.3 is 9.47 Å². The first-order valence-electron chi connectivity index (χ1n) is 12.2. The van der Waals surface area contributed by atoms with Gasteiger partial charge in [0.15, 0.2) is 15.0 Å². The summed E-state index contributed by atoms with van der Waals surface area (Å²) in [7, 11) is -1.82. The molecule has 1 aliphatic heterocycles. The number of ether oxygens (including phenoxy) is 2. The Balaban J connectivity index is 1.44. The molecule has 3 aromatic rings. The molecule has 2 heterocycles. The molecule has 1 aromatic heterocycles. The summed E-state index contributed by atoms with van der Waals surface area (Å²) in [6.45, 7) is 6.57. The molecule has 2 aromatic carbocycles. The van der Waals surface area contributed by atoms with E-state index in [0.717, 1.165) is 60.8 Å². The molecule has 0 aliphatic carbocycles. The highest BCUT2D eigenvalue weighted by molar-refractivity contribution is 7.91. The summed E-state index contributed by atoms with van der Waals surface area (Å²) in [6.07, 6.45) is 1.20. The van der Waals surface area contributed by atoms with Gasteiger partial charge in [-0.3, -0.25) is 14.6 Å². The standard InChI is InChI=1S/C26H33N3O5S2/c1-20-6-9-22(10-7-20)36(31,32)18-3-5-25(30)29(13-4-12-28-14-16-34-17-15-28)26-27-23-11-8-21(33-2)19-24(23)35-26/h6-11,19H,3-5,12-18H2,1-2H3. The number of benzene rings is 2. The molecule has 36 heavy (non-hydrogen) atoms. The van der Waals surface area contributed by atoms with Crippen molar-refractivity contribution >= 4 is 42.4 Å². The number of anilines is 1. The van der Waals surface area contributed by atoms with E-state index in [-0.39, 0.29) is 24.5 Å². The molecule has 10 heteroatoms. The van der Waals surface area contributed by atoms with Crippen LogP contribution in [0.5, 0.6) is 5.75 Å². The maximum absolute atomic E-state index is 13.3. The molecular formula is C26H33N3O5S2. The molecule has 1 aliphatic rings. The third-order valence-electron chi connectivity index (χ3n) is 6.26. The summed E-state index contributed by atoms with van der Waals surface area (Å²) in [5.41, 5.74) is 1.81. The number of fused-ring (bicyclic) bond motifs is 1. The Bertz CT molecular complexity index is 1270. The number of nitrogens with zero attached hydrogens (tertiary/aromatic N) is 3. The Labute approximate surface area is 216 Å². The van der Waals surface area contributed by atoms with Gasteiger partial charge in [-0.05, 0) is 50.1 Å². The van der Waals surface area contributed by atoms with Crippen molar-refractivity contribution in [1.29, 1.82) is 0 Å². The fraction of sp³-hybridized carbons (Fsp3) is 0.462. The van der Waals surface area contributed by atoms with Gasteiger partial charge in [0.25, 0.3) is 0 Å². The number of thiazole rings is 1. The van der Waals surface area contributed by atoms with Crippen molar-refractivity contribution in [3.8, 4) is 5.75 Å². The van der Waals surface area contributed by atoms with Crippen molar-refractivity contribution in [3.05, 3.63) is 48.0 Å². The van der Waals surface area contributed by atoms with Gasteiger partial charge in [0.2, 0.25) is 5.91 Å². The van der Waals surface area contributed by atoms with E-state index in [2.05, 4.69) is 4.90 Å². The Morgan fingerprint density at radius 1 is 1.14 bits per heavy atom. The number of sulfone groups is 1. The number of hydrogen-bond donors (Lipinski definition) is 0. The molecule has 8 nitrogen and oxygen atoms in total. The second kappa shape index (κ2) is 12.1. The molecule has 0 saturated carbocycles. The first-order chi connectivity index (χ1) is 17.4. The molecule has 194 valence electrons. The monoisotopic (exact) mass is 531 g/mol. The number of carbonyl (C=O) groups excluding carboxylic acids is 1. The first-order valence-corrected chi connectivity index (χ1v) is 14.7. The van der Waals surface area contributed by atoms with Gasteiger partial charge in [-0.1, -0.05) is 29.0 Å². The minimum Gasteiger partial charge on any atom is -0.497 e. The minimum absolute atomic E-state index is 0.0690. The van der Waals surface area contributed by atoms with Crippen LogP contribution in [0.25, 0.3) is 10.2 Å². The number of aromatic nitrogens is 1. The van der Waals surface area contributed by atoms with E-state index < -0.39 is 9.84 Å². The Kier molecular flexibility index (Phi) is 8.95. The number of methoxy groups -OCH3 is 1. The zero-order valence-corrected chi connectivity index (χ0v) is 22.4. The fourth-order valence-electron chi connectivity index (χ4n) is 4.15. The zero-order chi connectivity index (χ0) is 25.5. The molecule has 0 unspecified atom stereocenters. The molecule has 0 bridgehead atoms. The van der Waals surface area contributed by atoms with Crippen LogP contribution in [0.3, 0.4) is 0 Å². The number of amides is 1. The van der Waals surface area contributed by atoms with Crippen LogP contribution in [-0.2, 0) is 19.4 Å². The van der Waals surface area contributed by atoms with Crippen LogP contribution in [0.4, 0.5) is 5.13 Å². The van der Waals surface area contributed by atoms with Gasteiger partial charge in [-0.15, -0.1) is 0 Å². The van der Waals surface area contributed by atoms with E-state index in [1.807, 2.05) is 25.1 Å².